The van der Waals surface area contributed by atoms with Crippen molar-refractivity contribution >= 4 is 29.4 Å². The fourth-order valence-electron chi connectivity index (χ4n) is 5.10. The fraction of sp³-hybridized carbons (Fsp3) is 0.370. The number of hydrogen-bond acceptors (Lipinski definition) is 6. The van der Waals surface area contributed by atoms with Crippen molar-refractivity contribution in [2.24, 2.45) is 16.6 Å². The van der Waals surface area contributed by atoms with E-state index in [4.69, 9.17) is 10.5 Å². The van der Waals surface area contributed by atoms with Gasteiger partial charge in [0, 0.05) is 25.3 Å². The lowest BCUT2D eigenvalue weighted by atomic mass is 10.1. The van der Waals surface area contributed by atoms with Crippen LogP contribution in [0.1, 0.15) is 36.4 Å². The highest BCUT2D eigenvalue weighted by molar-refractivity contribution is 6.19. The van der Waals surface area contributed by atoms with E-state index in [-0.39, 0.29) is 23.4 Å². The summed E-state index contributed by atoms with van der Waals surface area (Å²) in [4.78, 5) is 35.1. The minimum atomic E-state index is -0.626. The molecule has 2 aromatic rings. The highest BCUT2D eigenvalue weighted by Crippen LogP contribution is 2.40. The lowest BCUT2D eigenvalue weighted by Crippen LogP contribution is -2.37. The Morgan fingerprint density at radius 1 is 1.38 bits per heavy atom. The minimum Gasteiger partial charge on any atom is -0.383 e. The van der Waals surface area contributed by atoms with Crippen molar-refractivity contribution in [1.82, 2.24) is 19.7 Å². The van der Waals surface area contributed by atoms with Crippen molar-refractivity contribution in [2.75, 3.05) is 27.3 Å². The molecule has 1 saturated heterocycles. The summed E-state index contributed by atoms with van der Waals surface area (Å²) in [6, 6.07) is 4.02. The number of nitrogens with zero attached hydrogens (tertiary/aromatic N) is 5. The van der Waals surface area contributed by atoms with Gasteiger partial charge in [0.25, 0.3) is 5.91 Å². The molecule has 1 aliphatic carbocycles. The van der Waals surface area contributed by atoms with E-state index in [2.05, 4.69) is 44.3 Å². The van der Waals surface area contributed by atoms with Gasteiger partial charge in [-0.3, -0.25) is 9.59 Å². The maximum Gasteiger partial charge on any atom is 0.356 e. The zero-order valence-corrected chi connectivity index (χ0v) is 21.0. The van der Waals surface area contributed by atoms with Gasteiger partial charge < -0.3 is 19.8 Å². The van der Waals surface area contributed by atoms with Crippen molar-refractivity contribution in [3.8, 4) is 11.8 Å². The van der Waals surface area contributed by atoms with Crippen molar-refractivity contribution in [3.05, 3.63) is 59.8 Å². The summed E-state index contributed by atoms with van der Waals surface area (Å²) in [5, 5.41) is 0. The molecule has 190 valence electrons. The Kier molecular flexibility index (Phi) is 6.63. The molecule has 5 rings (SSSR count). The summed E-state index contributed by atoms with van der Waals surface area (Å²) in [6.07, 6.45) is 9.92. The number of hydrazone groups is 1. The van der Waals surface area contributed by atoms with Crippen LogP contribution in [0.3, 0.4) is 0 Å². The number of carbonyl (C=O) groups excluding carboxylic acids is 2. The fourth-order valence-corrected chi connectivity index (χ4v) is 5.10. The van der Waals surface area contributed by atoms with Crippen LogP contribution in [0, 0.1) is 17.8 Å². The molecule has 2 amide bonds. The van der Waals surface area contributed by atoms with Crippen LogP contribution in [-0.4, -0.2) is 76.2 Å². The number of likely N-dealkylation sites (tertiary alicyclic amines) is 1. The number of rotatable bonds is 6. The van der Waals surface area contributed by atoms with E-state index in [1.165, 1.54) is 24.6 Å². The molecule has 3 N–H and O–H groups in total. The number of hydrazine groups is 1. The molecule has 0 spiro atoms. The number of aromatic nitrogens is 2. The van der Waals surface area contributed by atoms with Crippen LogP contribution in [0.4, 0.5) is 0 Å². The van der Waals surface area contributed by atoms with E-state index < -0.39 is 5.91 Å². The van der Waals surface area contributed by atoms with E-state index in [9.17, 15) is 9.59 Å². The second-order valence-electron chi connectivity index (χ2n) is 9.44. The van der Waals surface area contributed by atoms with Gasteiger partial charge in [0.1, 0.15) is 19.0 Å². The number of nitrogens with two attached hydrogens (primary N) is 1. The standard InChI is InChI=1S/C27H29N7O3/c1-4-24(35)32-13-17(11-20(32)15-37-3)14-34-27(29-2)25(26(28)36)21(31-34)9-7-19-8-10-22(18-5-6-18)33-16-30-12-23(19)33/h4,8,10,12,14,16-18,20H,1,5-6,11,13,15H2,2-3H3,(H2-,28,29,31,36)/p+1/b34-14+/t17?,20-/m1/s1. The third-order valence-electron chi connectivity index (χ3n) is 6.95. The third-order valence-corrected chi connectivity index (χ3v) is 6.95. The van der Waals surface area contributed by atoms with Crippen molar-refractivity contribution in [1.29, 1.82) is 0 Å². The number of nitrogens with one attached hydrogen (secondary N) is 1. The van der Waals surface area contributed by atoms with E-state index in [1.807, 2.05) is 18.6 Å². The lowest BCUT2D eigenvalue weighted by molar-refractivity contribution is -0.456. The number of pyridine rings is 1. The zero-order valence-electron chi connectivity index (χ0n) is 21.0. The van der Waals surface area contributed by atoms with Gasteiger partial charge in [-0.25, -0.2) is 10.4 Å². The largest absolute Gasteiger partial charge is 0.383 e. The summed E-state index contributed by atoms with van der Waals surface area (Å²) in [5.74, 6) is 6.46. The first-order chi connectivity index (χ1) is 17.9. The number of methoxy groups -OCH3 is 1. The number of primary amides is 1. The second kappa shape index (κ2) is 10.0. The highest BCUT2D eigenvalue weighted by Gasteiger charge is 2.39. The first-order valence-electron chi connectivity index (χ1n) is 12.3. The summed E-state index contributed by atoms with van der Waals surface area (Å²) in [5.41, 5.74) is 12.5. The Balaban J connectivity index is 1.45. The first-order valence-corrected chi connectivity index (χ1v) is 12.3. The number of allylic oxidation sites excluding steroid dienone is 1. The average molecular weight is 501 g/mol. The van der Waals surface area contributed by atoms with Gasteiger partial charge in [-0.05, 0) is 49.3 Å². The topological polar surface area (TPSA) is 117 Å². The molecule has 2 fully saturated rings. The summed E-state index contributed by atoms with van der Waals surface area (Å²) in [6.45, 7) is 4.53. The van der Waals surface area contributed by atoms with Crippen molar-refractivity contribution in [3.63, 3.8) is 0 Å². The van der Waals surface area contributed by atoms with Gasteiger partial charge in [0.15, 0.2) is 5.57 Å². The van der Waals surface area contributed by atoms with Gasteiger partial charge in [-0.15, -0.1) is 4.68 Å². The minimum absolute atomic E-state index is 0.00359. The van der Waals surface area contributed by atoms with Crippen molar-refractivity contribution < 1.29 is 19.0 Å². The molecule has 1 unspecified atom stereocenters. The molecule has 0 bridgehead atoms. The average Bonchev–Trinajstić information content (AvgIpc) is 3.30. The normalized spacial score (nSPS) is 23.5. The molecule has 2 atom stereocenters. The Labute approximate surface area is 215 Å². The van der Waals surface area contributed by atoms with Crippen LogP contribution in [0.5, 0.6) is 0 Å². The van der Waals surface area contributed by atoms with Crippen LogP contribution >= 0.6 is 0 Å². The summed E-state index contributed by atoms with van der Waals surface area (Å²) in [7, 11) is 3.21. The predicted octanol–water partition coefficient (Wildman–Crippen LogP) is 0.982. The van der Waals surface area contributed by atoms with Gasteiger partial charge in [-0.1, -0.05) is 17.5 Å². The Bertz CT molecular complexity index is 1430. The molecule has 3 aliphatic rings. The van der Waals surface area contributed by atoms with Crippen LogP contribution < -0.4 is 11.2 Å². The van der Waals surface area contributed by atoms with E-state index >= 15 is 0 Å². The van der Waals surface area contributed by atoms with Gasteiger partial charge in [0.2, 0.25) is 5.91 Å². The second-order valence-corrected chi connectivity index (χ2v) is 9.44. The predicted molar refractivity (Wildman–Crippen MR) is 139 cm³/mol. The number of hydrogen-bond donors (Lipinski definition) is 2. The quantitative estimate of drug-likeness (QED) is 0.348. The number of fused-ring (bicyclic) bond motifs is 1. The number of aliphatic imine (C=N–C) groups is 1. The lowest BCUT2D eigenvalue weighted by Gasteiger charge is -2.22. The number of ether oxygens (including phenoxy) is 1. The summed E-state index contributed by atoms with van der Waals surface area (Å²) >= 11 is 0. The van der Waals surface area contributed by atoms with Gasteiger partial charge in [0.05, 0.1) is 36.3 Å². The van der Waals surface area contributed by atoms with E-state index in [0.29, 0.717) is 37.0 Å². The summed E-state index contributed by atoms with van der Waals surface area (Å²) < 4.78 is 9.06. The smallest absolute Gasteiger partial charge is 0.356 e. The molecule has 4 heterocycles. The van der Waals surface area contributed by atoms with Crippen LogP contribution in [0.15, 0.2) is 53.6 Å². The maximum atomic E-state index is 12.4. The number of amidine groups is 1. The maximum absolute atomic E-state index is 12.4. The third kappa shape index (κ3) is 4.66. The molecular formula is C27H30N7O3+. The van der Waals surface area contributed by atoms with Gasteiger partial charge >= 0.3 is 5.84 Å². The zero-order chi connectivity index (χ0) is 26.1. The number of carbonyl (C=O) groups is 2. The molecule has 10 nitrogen and oxygen atoms in total. The van der Waals surface area contributed by atoms with E-state index in [1.54, 1.807) is 29.9 Å². The first kappa shape index (κ1) is 24.5. The monoisotopic (exact) mass is 500 g/mol. The Morgan fingerprint density at radius 2 is 2.19 bits per heavy atom. The SMILES string of the molecule is C=CC(=O)N1CC(/C=[N+]2/NC(C#Cc3ccc(C4CC4)n4cncc34)=C(C(N)=O)C2=NC)C[C@@H]1COC. The Hall–Kier alpha value is -4.23. The molecule has 2 aliphatic heterocycles. The number of imidazole rings is 1. The molecule has 0 aromatic carbocycles. The number of amides is 2. The molecule has 37 heavy (non-hydrogen) atoms. The van der Waals surface area contributed by atoms with Crippen LogP contribution in [-0.2, 0) is 14.3 Å². The van der Waals surface area contributed by atoms with Crippen LogP contribution in [0.2, 0.25) is 0 Å². The van der Waals surface area contributed by atoms with Crippen LogP contribution in [0.25, 0.3) is 5.52 Å². The van der Waals surface area contributed by atoms with Gasteiger partial charge in [-0.2, -0.15) is 0 Å². The molecule has 2 aromatic heterocycles. The molecule has 10 heteroatoms. The molecule has 0 radical (unpaired) electrons. The highest BCUT2D eigenvalue weighted by atomic mass is 16.5. The molecular weight excluding hydrogens is 470 g/mol. The Morgan fingerprint density at radius 3 is 2.86 bits per heavy atom. The van der Waals surface area contributed by atoms with Crippen molar-refractivity contribution in [2.45, 2.75) is 31.2 Å². The van der Waals surface area contributed by atoms with E-state index in [0.717, 1.165) is 11.1 Å². The molecule has 1 saturated carbocycles.